The third-order valence-corrected chi connectivity index (χ3v) is 3.18. The van der Waals surface area contributed by atoms with Gasteiger partial charge < -0.3 is 9.67 Å². The van der Waals surface area contributed by atoms with E-state index in [4.69, 9.17) is 5.11 Å². The van der Waals surface area contributed by atoms with Crippen LogP contribution >= 0.6 is 0 Å². The lowest BCUT2D eigenvalue weighted by Crippen LogP contribution is -2.47. The van der Waals surface area contributed by atoms with Crippen LogP contribution in [0.25, 0.3) is 0 Å². The highest BCUT2D eigenvalue weighted by Crippen LogP contribution is 2.17. The quantitative estimate of drug-likeness (QED) is 0.850. The van der Waals surface area contributed by atoms with E-state index in [1.807, 2.05) is 11.9 Å². The first-order chi connectivity index (χ1) is 7.76. The summed E-state index contributed by atoms with van der Waals surface area (Å²) in [5.41, 5.74) is 0.142. The Morgan fingerprint density at radius 2 is 2.18 bits per heavy atom. The van der Waals surface area contributed by atoms with Crippen LogP contribution < -0.4 is 0 Å². The zero-order chi connectivity index (χ0) is 13.2. The maximum atomic E-state index is 11.1. The number of imidazole rings is 1. The Morgan fingerprint density at radius 1 is 1.59 bits per heavy atom. The lowest BCUT2D eigenvalue weighted by molar-refractivity contribution is -0.148. The van der Waals surface area contributed by atoms with Gasteiger partial charge in [0.1, 0.15) is 5.54 Å². The van der Waals surface area contributed by atoms with Crippen LogP contribution in [0.1, 0.15) is 39.4 Å². The molecule has 1 aromatic rings. The SMILES string of the molecule is CC(C)n1cncc1CN(C)C(C)(C)C(=O)O. The second kappa shape index (κ2) is 4.87. The molecule has 5 heteroatoms. The molecule has 96 valence electrons. The first-order valence-corrected chi connectivity index (χ1v) is 5.72. The summed E-state index contributed by atoms with van der Waals surface area (Å²) in [5, 5.41) is 9.15. The number of rotatable bonds is 5. The van der Waals surface area contributed by atoms with E-state index in [0.717, 1.165) is 5.69 Å². The minimum atomic E-state index is -0.883. The van der Waals surface area contributed by atoms with Gasteiger partial charge in [-0.2, -0.15) is 0 Å². The molecular formula is C12H21N3O2. The second-order valence-electron chi connectivity index (χ2n) is 5.11. The van der Waals surface area contributed by atoms with Crippen LogP contribution in [0.15, 0.2) is 12.5 Å². The first-order valence-electron chi connectivity index (χ1n) is 5.72. The summed E-state index contributed by atoms with van der Waals surface area (Å²) in [4.78, 5) is 17.1. The Hall–Kier alpha value is -1.36. The summed E-state index contributed by atoms with van der Waals surface area (Å²) in [6.45, 7) is 8.12. The minimum Gasteiger partial charge on any atom is -0.480 e. The van der Waals surface area contributed by atoms with Crippen molar-refractivity contribution in [1.82, 2.24) is 14.5 Å². The van der Waals surface area contributed by atoms with Gasteiger partial charge in [-0.05, 0) is 34.7 Å². The molecule has 0 amide bonds. The van der Waals surface area contributed by atoms with Crippen molar-refractivity contribution in [2.24, 2.45) is 0 Å². The van der Waals surface area contributed by atoms with Crippen molar-refractivity contribution >= 4 is 5.97 Å². The largest absolute Gasteiger partial charge is 0.480 e. The molecular weight excluding hydrogens is 218 g/mol. The van der Waals surface area contributed by atoms with E-state index in [-0.39, 0.29) is 0 Å². The number of likely N-dealkylation sites (N-methyl/N-ethyl adjacent to an activating group) is 1. The Kier molecular flexibility index (Phi) is 3.93. The monoisotopic (exact) mass is 239 g/mol. The fourth-order valence-corrected chi connectivity index (χ4v) is 1.52. The van der Waals surface area contributed by atoms with Crippen molar-refractivity contribution in [1.29, 1.82) is 0 Å². The number of carbonyl (C=O) groups is 1. The van der Waals surface area contributed by atoms with Crippen LogP contribution in [0, 0.1) is 0 Å². The molecule has 0 aliphatic heterocycles. The van der Waals surface area contributed by atoms with E-state index in [0.29, 0.717) is 12.6 Å². The van der Waals surface area contributed by atoms with Crippen molar-refractivity contribution < 1.29 is 9.90 Å². The zero-order valence-corrected chi connectivity index (χ0v) is 11.1. The molecule has 0 bridgehead atoms. The molecule has 1 heterocycles. The smallest absolute Gasteiger partial charge is 0.323 e. The first kappa shape index (κ1) is 13.7. The molecule has 0 saturated heterocycles. The lowest BCUT2D eigenvalue weighted by atomic mass is 10.0. The van der Waals surface area contributed by atoms with Gasteiger partial charge in [0.2, 0.25) is 0 Å². The van der Waals surface area contributed by atoms with Crippen molar-refractivity contribution in [2.75, 3.05) is 7.05 Å². The molecule has 17 heavy (non-hydrogen) atoms. The Balaban J connectivity index is 2.85. The van der Waals surface area contributed by atoms with E-state index >= 15 is 0 Å². The van der Waals surface area contributed by atoms with Gasteiger partial charge in [0.25, 0.3) is 0 Å². The number of carboxylic acids is 1. The molecule has 0 atom stereocenters. The lowest BCUT2D eigenvalue weighted by Gasteiger charge is -2.31. The summed E-state index contributed by atoms with van der Waals surface area (Å²) in [6.07, 6.45) is 3.57. The van der Waals surface area contributed by atoms with Crippen LogP contribution in [0.5, 0.6) is 0 Å². The van der Waals surface area contributed by atoms with Crippen molar-refractivity contribution in [3.8, 4) is 0 Å². The van der Waals surface area contributed by atoms with E-state index in [1.165, 1.54) is 0 Å². The highest BCUT2D eigenvalue weighted by molar-refractivity contribution is 5.77. The van der Waals surface area contributed by atoms with Crippen LogP contribution in [-0.2, 0) is 11.3 Å². The molecule has 1 rings (SSSR count). The maximum absolute atomic E-state index is 11.1. The van der Waals surface area contributed by atoms with Gasteiger partial charge in [0, 0.05) is 18.8 Å². The van der Waals surface area contributed by atoms with Gasteiger partial charge in [-0.25, -0.2) is 4.98 Å². The van der Waals surface area contributed by atoms with Crippen LogP contribution in [0.2, 0.25) is 0 Å². The molecule has 0 unspecified atom stereocenters. The third-order valence-electron chi connectivity index (χ3n) is 3.18. The standard InChI is InChI=1S/C12H21N3O2/c1-9(2)15-8-13-6-10(15)7-14(5)12(3,4)11(16)17/h6,8-9H,7H2,1-5H3,(H,16,17). The van der Waals surface area contributed by atoms with E-state index in [1.54, 1.807) is 26.4 Å². The topological polar surface area (TPSA) is 58.4 Å². The number of nitrogens with zero attached hydrogens (tertiary/aromatic N) is 3. The van der Waals surface area contributed by atoms with E-state index < -0.39 is 11.5 Å². The minimum absolute atomic E-state index is 0.328. The van der Waals surface area contributed by atoms with Crippen molar-refractivity contribution in [2.45, 2.75) is 45.8 Å². The predicted octanol–water partition coefficient (Wildman–Crippen LogP) is 1.76. The average Bonchev–Trinajstić information content (AvgIpc) is 2.65. The Morgan fingerprint density at radius 3 is 2.65 bits per heavy atom. The van der Waals surface area contributed by atoms with Crippen molar-refractivity contribution in [3.05, 3.63) is 18.2 Å². The highest BCUT2D eigenvalue weighted by atomic mass is 16.4. The van der Waals surface area contributed by atoms with Gasteiger partial charge in [-0.1, -0.05) is 0 Å². The van der Waals surface area contributed by atoms with E-state index in [9.17, 15) is 4.79 Å². The summed E-state index contributed by atoms with van der Waals surface area (Å²) in [5.74, 6) is -0.824. The molecule has 1 aromatic heterocycles. The summed E-state index contributed by atoms with van der Waals surface area (Å²) < 4.78 is 2.05. The van der Waals surface area contributed by atoms with Gasteiger partial charge in [0.05, 0.1) is 12.0 Å². The Bertz CT molecular complexity index is 396. The van der Waals surface area contributed by atoms with Gasteiger partial charge in [-0.3, -0.25) is 9.69 Å². The fourth-order valence-electron chi connectivity index (χ4n) is 1.52. The molecule has 0 aliphatic carbocycles. The zero-order valence-electron chi connectivity index (χ0n) is 11.1. The van der Waals surface area contributed by atoms with Gasteiger partial charge >= 0.3 is 5.97 Å². The number of aliphatic carboxylic acids is 1. The van der Waals surface area contributed by atoms with Gasteiger partial charge in [0.15, 0.2) is 0 Å². The van der Waals surface area contributed by atoms with Crippen LogP contribution in [-0.4, -0.2) is 38.1 Å². The number of carboxylic acid groups (broad SMARTS) is 1. The summed E-state index contributed by atoms with van der Waals surface area (Å²) in [6, 6.07) is 0.328. The molecule has 0 aliphatic rings. The van der Waals surface area contributed by atoms with E-state index in [2.05, 4.69) is 23.4 Å². The predicted molar refractivity (Wildman–Crippen MR) is 65.8 cm³/mol. The number of hydrogen-bond acceptors (Lipinski definition) is 3. The maximum Gasteiger partial charge on any atom is 0.323 e. The molecule has 0 spiro atoms. The summed E-state index contributed by atoms with van der Waals surface area (Å²) in [7, 11) is 1.81. The second-order valence-corrected chi connectivity index (χ2v) is 5.11. The summed E-state index contributed by atoms with van der Waals surface area (Å²) >= 11 is 0. The normalized spacial score (nSPS) is 12.4. The van der Waals surface area contributed by atoms with Crippen LogP contribution in [0.3, 0.4) is 0 Å². The molecule has 5 nitrogen and oxygen atoms in total. The highest BCUT2D eigenvalue weighted by Gasteiger charge is 2.32. The van der Waals surface area contributed by atoms with Crippen LogP contribution in [0.4, 0.5) is 0 Å². The molecule has 1 N–H and O–H groups in total. The molecule has 0 aromatic carbocycles. The molecule has 0 fully saturated rings. The third kappa shape index (κ3) is 2.85. The Labute approximate surface area is 102 Å². The average molecular weight is 239 g/mol. The van der Waals surface area contributed by atoms with Gasteiger partial charge in [-0.15, -0.1) is 0 Å². The fraction of sp³-hybridized carbons (Fsp3) is 0.667. The number of aromatic nitrogens is 2. The van der Waals surface area contributed by atoms with Crippen molar-refractivity contribution in [3.63, 3.8) is 0 Å². The number of hydrogen-bond donors (Lipinski definition) is 1. The molecule has 0 radical (unpaired) electrons. The molecule has 0 saturated carbocycles.